The second kappa shape index (κ2) is 10.2. The summed E-state index contributed by atoms with van der Waals surface area (Å²) in [6.45, 7) is 6.03. The number of fused-ring (bicyclic) bond motifs is 1. The normalized spacial score (nSPS) is 15.1. The first-order chi connectivity index (χ1) is 15.7. The average Bonchev–Trinajstić information content (AvgIpc) is 2.99. The first-order valence-electron chi connectivity index (χ1n) is 11.0. The second-order valence-corrected chi connectivity index (χ2v) is 9.83. The molecule has 0 bridgehead atoms. The van der Waals surface area contributed by atoms with Crippen molar-refractivity contribution >= 4 is 27.7 Å². The summed E-state index contributed by atoms with van der Waals surface area (Å²) in [5, 5.41) is 2.74. The number of likely N-dealkylation sites (N-methyl/N-ethyl adjacent to an activating group) is 1. The highest BCUT2D eigenvalue weighted by Gasteiger charge is 2.40. The molecule has 1 heterocycles. The van der Waals surface area contributed by atoms with Crippen LogP contribution >= 0.6 is 0 Å². The average molecular weight is 472 g/mol. The van der Waals surface area contributed by atoms with Crippen LogP contribution in [0.5, 0.6) is 0 Å². The van der Waals surface area contributed by atoms with E-state index in [0.717, 1.165) is 15.4 Å². The molecule has 1 N–H and O–H groups in total. The minimum atomic E-state index is -3.91. The van der Waals surface area contributed by atoms with Crippen LogP contribution in [0.3, 0.4) is 0 Å². The highest BCUT2D eigenvalue weighted by atomic mass is 32.2. The van der Waals surface area contributed by atoms with Crippen LogP contribution in [0.1, 0.15) is 48.2 Å². The Balaban J connectivity index is 1.71. The van der Waals surface area contributed by atoms with E-state index in [9.17, 15) is 22.8 Å². The molecule has 176 valence electrons. The predicted octanol–water partition coefficient (Wildman–Crippen LogP) is 2.47. The van der Waals surface area contributed by atoms with E-state index in [-0.39, 0.29) is 48.2 Å². The lowest BCUT2D eigenvalue weighted by atomic mass is 10.1. The number of benzene rings is 2. The molecule has 8 nitrogen and oxygen atoms in total. The van der Waals surface area contributed by atoms with Crippen molar-refractivity contribution < 1.29 is 22.8 Å². The minimum Gasteiger partial charge on any atom is -0.355 e. The lowest BCUT2D eigenvalue weighted by Gasteiger charge is -2.29. The summed E-state index contributed by atoms with van der Waals surface area (Å²) in [5.74, 6) is -1.11. The maximum absolute atomic E-state index is 13.1. The van der Waals surface area contributed by atoms with Gasteiger partial charge in [0.1, 0.15) is 10.9 Å². The van der Waals surface area contributed by atoms with E-state index in [1.165, 1.54) is 17.0 Å². The number of nitrogens with one attached hydrogen (secondary N) is 1. The molecular formula is C24H29N3O5S. The van der Waals surface area contributed by atoms with Crippen molar-refractivity contribution in [1.82, 2.24) is 14.5 Å². The Kier molecular flexibility index (Phi) is 7.53. The van der Waals surface area contributed by atoms with E-state index < -0.39 is 22.0 Å². The molecule has 1 atom stereocenters. The van der Waals surface area contributed by atoms with Gasteiger partial charge in [-0.25, -0.2) is 12.7 Å². The van der Waals surface area contributed by atoms with Crippen LogP contribution in [-0.2, 0) is 26.2 Å². The van der Waals surface area contributed by atoms with E-state index in [1.807, 2.05) is 38.1 Å². The number of sulfonamides is 1. The van der Waals surface area contributed by atoms with Gasteiger partial charge in [0, 0.05) is 26.1 Å². The number of aryl methyl sites for hydroxylation is 1. The van der Waals surface area contributed by atoms with Gasteiger partial charge in [-0.15, -0.1) is 0 Å². The van der Waals surface area contributed by atoms with Crippen LogP contribution < -0.4 is 5.32 Å². The van der Waals surface area contributed by atoms with Crippen LogP contribution in [0.15, 0.2) is 53.4 Å². The zero-order valence-corrected chi connectivity index (χ0v) is 19.9. The third-order valence-corrected chi connectivity index (χ3v) is 7.62. The summed E-state index contributed by atoms with van der Waals surface area (Å²) in [7, 11) is -3.91. The lowest BCUT2D eigenvalue weighted by molar-refractivity contribution is -0.140. The first kappa shape index (κ1) is 24.4. The fraction of sp³-hybridized carbons (Fsp3) is 0.375. The molecule has 0 saturated carbocycles. The monoisotopic (exact) mass is 471 g/mol. The molecule has 1 aliphatic heterocycles. The zero-order chi connectivity index (χ0) is 24.2. The molecule has 2 aromatic rings. The molecule has 1 unspecified atom stereocenters. The third-order valence-electron chi connectivity index (χ3n) is 5.78. The Hall–Kier alpha value is -3.20. The van der Waals surface area contributed by atoms with Gasteiger partial charge in [0.15, 0.2) is 0 Å². The lowest BCUT2D eigenvalue weighted by Crippen LogP contribution is -2.47. The van der Waals surface area contributed by atoms with Crippen LogP contribution in [-0.4, -0.2) is 54.5 Å². The standard InChI is InChI=1S/C24H29N3O5S/c1-4-25-23(29)18(3)26(16-19-11-6-5-10-17(19)2)22(28)14-9-15-27-24(30)20-12-7-8-13-21(20)33(27,31)32/h5-8,10-13,18H,4,9,14-16H2,1-3H3,(H,25,29). The summed E-state index contributed by atoms with van der Waals surface area (Å²) in [4.78, 5) is 39.7. The Morgan fingerprint density at radius 3 is 2.42 bits per heavy atom. The second-order valence-electron chi connectivity index (χ2n) is 8.00. The van der Waals surface area contributed by atoms with Crippen molar-refractivity contribution in [2.24, 2.45) is 0 Å². The van der Waals surface area contributed by atoms with Crippen LogP contribution in [0.4, 0.5) is 0 Å². The summed E-state index contributed by atoms with van der Waals surface area (Å²) in [5.41, 5.74) is 2.08. The van der Waals surface area contributed by atoms with E-state index in [1.54, 1.807) is 19.1 Å². The molecule has 2 aromatic carbocycles. The maximum atomic E-state index is 13.1. The van der Waals surface area contributed by atoms with Crippen molar-refractivity contribution in [3.05, 3.63) is 65.2 Å². The van der Waals surface area contributed by atoms with Crippen LogP contribution in [0.2, 0.25) is 0 Å². The summed E-state index contributed by atoms with van der Waals surface area (Å²) in [6, 6.07) is 13.0. The van der Waals surface area contributed by atoms with Crippen molar-refractivity contribution in [3.63, 3.8) is 0 Å². The first-order valence-corrected chi connectivity index (χ1v) is 12.4. The van der Waals surface area contributed by atoms with Gasteiger partial charge in [-0.3, -0.25) is 14.4 Å². The number of amides is 3. The Morgan fingerprint density at radius 2 is 1.76 bits per heavy atom. The van der Waals surface area contributed by atoms with E-state index >= 15 is 0 Å². The van der Waals surface area contributed by atoms with Gasteiger partial charge in [0.05, 0.1) is 5.56 Å². The molecule has 9 heteroatoms. The topological polar surface area (TPSA) is 104 Å². The fourth-order valence-corrected chi connectivity index (χ4v) is 5.45. The summed E-state index contributed by atoms with van der Waals surface area (Å²) >= 11 is 0. The van der Waals surface area contributed by atoms with Gasteiger partial charge < -0.3 is 10.2 Å². The highest BCUT2D eigenvalue weighted by molar-refractivity contribution is 7.90. The van der Waals surface area contributed by atoms with Crippen molar-refractivity contribution in [2.75, 3.05) is 13.1 Å². The SMILES string of the molecule is CCNC(=O)C(C)N(Cc1ccccc1C)C(=O)CCCN1C(=O)c2ccccc2S1(=O)=O. The Labute approximate surface area is 194 Å². The number of nitrogens with zero attached hydrogens (tertiary/aromatic N) is 2. The molecule has 33 heavy (non-hydrogen) atoms. The number of hydrogen-bond acceptors (Lipinski definition) is 5. The molecule has 0 aromatic heterocycles. The number of rotatable bonds is 9. The summed E-state index contributed by atoms with van der Waals surface area (Å²) < 4.78 is 26.2. The van der Waals surface area contributed by atoms with Gasteiger partial charge in [-0.2, -0.15) is 0 Å². The van der Waals surface area contributed by atoms with Gasteiger partial charge >= 0.3 is 0 Å². The van der Waals surface area contributed by atoms with Gasteiger partial charge in [0.2, 0.25) is 11.8 Å². The molecule has 0 spiro atoms. The smallest absolute Gasteiger partial charge is 0.269 e. The molecule has 0 fully saturated rings. The summed E-state index contributed by atoms with van der Waals surface area (Å²) in [6.07, 6.45) is 0.162. The molecule has 1 aliphatic rings. The van der Waals surface area contributed by atoms with Gasteiger partial charge in [-0.05, 0) is 50.5 Å². The number of hydrogen-bond donors (Lipinski definition) is 1. The van der Waals surface area contributed by atoms with Crippen LogP contribution in [0, 0.1) is 6.92 Å². The van der Waals surface area contributed by atoms with Crippen molar-refractivity contribution in [1.29, 1.82) is 0 Å². The molecule has 0 saturated heterocycles. The van der Waals surface area contributed by atoms with Crippen LogP contribution in [0.25, 0.3) is 0 Å². The quantitative estimate of drug-likeness (QED) is 0.605. The maximum Gasteiger partial charge on any atom is 0.269 e. The largest absolute Gasteiger partial charge is 0.355 e. The molecule has 0 aliphatic carbocycles. The zero-order valence-electron chi connectivity index (χ0n) is 19.1. The minimum absolute atomic E-state index is 0.00523. The molecule has 3 rings (SSSR count). The number of carbonyl (C=O) groups excluding carboxylic acids is 3. The Bertz CT molecular complexity index is 1160. The van der Waals surface area contributed by atoms with E-state index in [0.29, 0.717) is 6.54 Å². The van der Waals surface area contributed by atoms with Crippen molar-refractivity contribution in [3.8, 4) is 0 Å². The van der Waals surface area contributed by atoms with E-state index in [2.05, 4.69) is 5.32 Å². The molecular weight excluding hydrogens is 442 g/mol. The predicted molar refractivity (Wildman–Crippen MR) is 124 cm³/mol. The fourth-order valence-electron chi connectivity index (χ4n) is 3.85. The molecule has 0 radical (unpaired) electrons. The Morgan fingerprint density at radius 1 is 1.09 bits per heavy atom. The van der Waals surface area contributed by atoms with Gasteiger partial charge in [-0.1, -0.05) is 36.4 Å². The van der Waals surface area contributed by atoms with E-state index in [4.69, 9.17) is 0 Å². The third kappa shape index (κ3) is 5.08. The van der Waals surface area contributed by atoms with Gasteiger partial charge in [0.25, 0.3) is 15.9 Å². The van der Waals surface area contributed by atoms with Crippen molar-refractivity contribution in [2.45, 2.75) is 51.1 Å². The number of carbonyl (C=O) groups is 3. The highest BCUT2D eigenvalue weighted by Crippen LogP contribution is 2.30. The molecule has 3 amide bonds.